The highest BCUT2D eigenvalue weighted by molar-refractivity contribution is 6.30. The van der Waals surface area contributed by atoms with Gasteiger partial charge in [0, 0.05) is 38.9 Å². The molecule has 5 nitrogen and oxygen atoms in total. The number of nitrogens with one attached hydrogen (secondary N) is 1. The first-order valence-electron chi connectivity index (χ1n) is 7.48. The van der Waals surface area contributed by atoms with E-state index < -0.39 is 0 Å². The van der Waals surface area contributed by atoms with Crippen molar-refractivity contribution in [3.63, 3.8) is 0 Å². The van der Waals surface area contributed by atoms with Crippen LogP contribution in [0.1, 0.15) is 24.5 Å². The normalized spacial score (nSPS) is 17.3. The van der Waals surface area contributed by atoms with Gasteiger partial charge in [0.25, 0.3) is 0 Å². The van der Waals surface area contributed by atoms with Crippen LogP contribution >= 0.6 is 11.6 Å². The largest absolute Gasteiger partial charge is 0.381 e. The molecule has 1 heterocycles. The lowest BCUT2D eigenvalue weighted by Crippen LogP contribution is -2.46. The van der Waals surface area contributed by atoms with Crippen molar-refractivity contribution in [1.82, 2.24) is 10.2 Å². The molecule has 1 aliphatic rings. The average Bonchev–Trinajstić information content (AvgIpc) is 2.56. The first-order chi connectivity index (χ1) is 10.6. The second kappa shape index (κ2) is 8.36. The Morgan fingerprint density at radius 3 is 2.50 bits per heavy atom. The van der Waals surface area contributed by atoms with E-state index in [0.717, 1.165) is 31.5 Å². The number of likely N-dealkylation sites (tertiary alicyclic amines) is 1. The monoisotopic (exact) mass is 326 g/mol. The van der Waals surface area contributed by atoms with E-state index in [4.69, 9.17) is 21.1 Å². The van der Waals surface area contributed by atoms with Crippen LogP contribution in [0, 0.1) is 0 Å². The van der Waals surface area contributed by atoms with Crippen LogP contribution in [0.15, 0.2) is 24.3 Å². The number of piperidine rings is 1. The van der Waals surface area contributed by atoms with Crippen molar-refractivity contribution in [3.05, 3.63) is 34.9 Å². The maximum absolute atomic E-state index is 12.2. The van der Waals surface area contributed by atoms with Gasteiger partial charge in [-0.3, -0.25) is 0 Å². The summed E-state index contributed by atoms with van der Waals surface area (Å²) < 4.78 is 10.8. The molecule has 1 aliphatic heterocycles. The number of halogens is 1. The fourth-order valence-corrected chi connectivity index (χ4v) is 2.73. The Bertz CT molecular complexity index is 473. The highest BCUT2D eigenvalue weighted by atomic mass is 35.5. The molecule has 1 fully saturated rings. The minimum absolute atomic E-state index is 0.0504. The number of methoxy groups -OCH3 is 2. The fraction of sp³-hybridized carbons (Fsp3) is 0.562. The van der Waals surface area contributed by atoms with E-state index in [2.05, 4.69) is 5.32 Å². The third kappa shape index (κ3) is 4.60. The Kier molecular flexibility index (Phi) is 6.49. The van der Waals surface area contributed by atoms with Crippen molar-refractivity contribution in [2.24, 2.45) is 0 Å². The molecule has 0 bridgehead atoms. The molecule has 0 spiro atoms. The van der Waals surface area contributed by atoms with E-state index in [-0.39, 0.29) is 18.2 Å². The van der Waals surface area contributed by atoms with E-state index in [0.29, 0.717) is 11.6 Å². The zero-order valence-corrected chi connectivity index (χ0v) is 13.8. The summed E-state index contributed by atoms with van der Waals surface area (Å²) in [6, 6.07) is 7.41. The van der Waals surface area contributed by atoms with Crippen LogP contribution in [-0.2, 0) is 9.47 Å². The van der Waals surface area contributed by atoms with E-state index >= 15 is 0 Å². The molecule has 22 heavy (non-hydrogen) atoms. The molecule has 6 heteroatoms. The topological polar surface area (TPSA) is 50.8 Å². The Morgan fingerprint density at radius 2 is 1.95 bits per heavy atom. The maximum Gasteiger partial charge on any atom is 0.317 e. The van der Waals surface area contributed by atoms with Gasteiger partial charge in [-0.15, -0.1) is 0 Å². The summed E-state index contributed by atoms with van der Waals surface area (Å²) >= 11 is 5.88. The number of hydrogen-bond donors (Lipinski definition) is 1. The van der Waals surface area contributed by atoms with Crippen molar-refractivity contribution in [2.45, 2.75) is 25.0 Å². The molecule has 0 unspecified atom stereocenters. The summed E-state index contributed by atoms with van der Waals surface area (Å²) in [6.45, 7) is 1.88. The average molecular weight is 327 g/mol. The molecule has 1 N–H and O–H groups in total. The van der Waals surface area contributed by atoms with Crippen LogP contribution in [0.5, 0.6) is 0 Å². The molecule has 0 radical (unpaired) electrons. The van der Waals surface area contributed by atoms with Gasteiger partial charge in [-0.25, -0.2) is 4.79 Å². The van der Waals surface area contributed by atoms with E-state index in [9.17, 15) is 4.79 Å². The summed E-state index contributed by atoms with van der Waals surface area (Å²) in [4.78, 5) is 14.0. The van der Waals surface area contributed by atoms with Crippen LogP contribution in [0.3, 0.4) is 0 Å². The molecule has 122 valence electrons. The van der Waals surface area contributed by atoms with Crippen LogP contribution in [-0.4, -0.2) is 50.9 Å². The van der Waals surface area contributed by atoms with Gasteiger partial charge in [0.05, 0.1) is 12.2 Å². The molecular formula is C16H23ClN2O3. The summed E-state index contributed by atoms with van der Waals surface area (Å²) in [5, 5.41) is 3.62. The lowest BCUT2D eigenvalue weighted by Gasteiger charge is -2.31. The zero-order valence-electron chi connectivity index (χ0n) is 13.0. The van der Waals surface area contributed by atoms with Crippen molar-refractivity contribution in [2.75, 3.05) is 33.9 Å². The number of hydrogen-bond acceptors (Lipinski definition) is 3. The number of benzene rings is 1. The first-order valence-corrected chi connectivity index (χ1v) is 7.85. The molecule has 0 aromatic heterocycles. The van der Waals surface area contributed by atoms with E-state index in [1.165, 1.54) is 0 Å². The zero-order chi connectivity index (χ0) is 15.9. The minimum Gasteiger partial charge on any atom is -0.381 e. The number of nitrogens with zero attached hydrogens (tertiary/aromatic N) is 1. The quantitative estimate of drug-likeness (QED) is 0.905. The van der Waals surface area contributed by atoms with Crippen molar-refractivity contribution in [1.29, 1.82) is 0 Å². The highest BCUT2D eigenvalue weighted by Crippen LogP contribution is 2.19. The maximum atomic E-state index is 12.2. The van der Waals surface area contributed by atoms with Gasteiger partial charge < -0.3 is 19.7 Å². The van der Waals surface area contributed by atoms with Gasteiger partial charge in [0.2, 0.25) is 0 Å². The van der Waals surface area contributed by atoms with Crippen LogP contribution in [0.2, 0.25) is 5.02 Å². The smallest absolute Gasteiger partial charge is 0.317 e. The Morgan fingerprint density at radius 1 is 1.32 bits per heavy atom. The van der Waals surface area contributed by atoms with Crippen LogP contribution < -0.4 is 5.32 Å². The first kappa shape index (κ1) is 17.1. The van der Waals surface area contributed by atoms with Crippen LogP contribution in [0.4, 0.5) is 4.79 Å². The fourth-order valence-electron chi connectivity index (χ4n) is 2.60. The highest BCUT2D eigenvalue weighted by Gasteiger charge is 2.23. The van der Waals surface area contributed by atoms with E-state index in [1.54, 1.807) is 14.2 Å². The Hall–Kier alpha value is -1.30. The second-order valence-corrected chi connectivity index (χ2v) is 5.82. The van der Waals surface area contributed by atoms with Gasteiger partial charge in [-0.05, 0) is 30.5 Å². The summed E-state index contributed by atoms with van der Waals surface area (Å²) in [5.74, 6) is 0. The van der Waals surface area contributed by atoms with Gasteiger partial charge in [0.15, 0.2) is 0 Å². The summed E-state index contributed by atoms with van der Waals surface area (Å²) in [5.41, 5.74) is 0.991. The second-order valence-electron chi connectivity index (χ2n) is 5.38. The van der Waals surface area contributed by atoms with Crippen molar-refractivity contribution < 1.29 is 14.3 Å². The standard InChI is InChI=1S/C16H23ClN2O3/c1-21-14-7-9-19(10-8-14)16(20)18-11-15(22-2)12-3-5-13(17)6-4-12/h3-6,14-15H,7-11H2,1-2H3,(H,18,20)/t15-/m1/s1. The van der Waals surface area contributed by atoms with Gasteiger partial charge >= 0.3 is 6.03 Å². The van der Waals surface area contributed by atoms with Crippen LogP contribution in [0.25, 0.3) is 0 Å². The van der Waals surface area contributed by atoms with Gasteiger partial charge in [0.1, 0.15) is 0 Å². The predicted molar refractivity (Wildman–Crippen MR) is 86.2 cm³/mol. The number of carbonyl (C=O) groups is 1. The Balaban J connectivity index is 1.83. The molecule has 0 aliphatic carbocycles. The molecule has 2 amide bonds. The minimum atomic E-state index is -0.183. The molecule has 2 rings (SSSR count). The summed E-state index contributed by atoms with van der Waals surface area (Å²) in [6.07, 6.45) is 1.85. The SMILES string of the molecule is COC1CCN(C(=O)NC[C@@H](OC)c2ccc(Cl)cc2)CC1. The molecule has 0 saturated carbocycles. The predicted octanol–water partition coefficient (Wildman–Crippen LogP) is 2.85. The third-order valence-corrected chi connectivity index (χ3v) is 4.28. The molecular weight excluding hydrogens is 304 g/mol. The van der Waals surface area contributed by atoms with Gasteiger partial charge in [-0.1, -0.05) is 23.7 Å². The number of carbonyl (C=O) groups excluding carboxylic acids is 1. The van der Waals surface area contributed by atoms with Gasteiger partial charge in [-0.2, -0.15) is 0 Å². The number of rotatable bonds is 5. The van der Waals surface area contributed by atoms with E-state index in [1.807, 2.05) is 29.2 Å². The number of urea groups is 1. The number of ether oxygens (including phenoxy) is 2. The molecule has 1 saturated heterocycles. The van der Waals surface area contributed by atoms with Crippen molar-refractivity contribution in [3.8, 4) is 0 Å². The lowest BCUT2D eigenvalue weighted by atomic mass is 10.1. The molecule has 1 atom stereocenters. The summed E-state index contributed by atoms with van der Waals surface area (Å²) in [7, 11) is 3.35. The third-order valence-electron chi connectivity index (χ3n) is 4.03. The molecule has 1 aromatic rings. The van der Waals surface area contributed by atoms with Crippen molar-refractivity contribution >= 4 is 17.6 Å². The number of amides is 2. The Labute approximate surface area is 136 Å². The molecule has 1 aromatic carbocycles. The lowest BCUT2D eigenvalue weighted by molar-refractivity contribution is 0.0490.